The van der Waals surface area contributed by atoms with E-state index >= 15 is 0 Å². The number of nitrogens with one attached hydrogen (secondary N) is 1. The minimum absolute atomic E-state index is 0.0599. The van der Waals surface area contributed by atoms with Crippen LogP contribution < -0.4 is 5.32 Å². The molecule has 1 aromatic rings. The Morgan fingerprint density at radius 2 is 2.12 bits per heavy atom. The Balaban J connectivity index is 1.42. The molecule has 3 amide bonds. The molecule has 4 rings (SSSR count). The third-order valence-electron chi connectivity index (χ3n) is 5.61. The highest BCUT2D eigenvalue weighted by Crippen LogP contribution is 2.42. The van der Waals surface area contributed by atoms with Gasteiger partial charge in [0.15, 0.2) is 0 Å². The van der Waals surface area contributed by atoms with Crippen molar-refractivity contribution >= 4 is 29.2 Å². The quantitative estimate of drug-likeness (QED) is 0.822. The Bertz CT molecular complexity index is 676. The molecule has 0 unspecified atom stereocenters. The van der Waals surface area contributed by atoms with E-state index in [1.165, 1.54) is 0 Å². The zero-order valence-corrected chi connectivity index (χ0v) is 15.0. The van der Waals surface area contributed by atoms with Gasteiger partial charge in [-0.1, -0.05) is 11.6 Å². The summed E-state index contributed by atoms with van der Waals surface area (Å²) in [6.07, 6.45) is 7.42. The molecule has 1 N–H and O–H groups in total. The normalized spacial score (nSPS) is 26.8. The van der Waals surface area contributed by atoms with Crippen LogP contribution in [-0.2, 0) is 4.79 Å². The molecule has 1 spiro atoms. The number of likely N-dealkylation sites (tertiary alicyclic amines) is 2. The number of urea groups is 1. The summed E-state index contributed by atoms with van der Waals surface area (Å²) >= 11 is 5.78. The molecular weight excluding hydrogens is 340 g/mol. The summed E-state index contributed by atoms with van der Waals surface area (Å²) in [5, 5.41) is 3.31. The van der Waals surface area contributed by atoms with E-state index in [2.05, 4.69) is 15.2 Å². The number of carbonyl (C=O) groups is 2. The van der Waals surface area contributed by atoms with Crippen molar-refractivity contribution in [1.82, 2.24) is 14.8 Å². The van der Waals surface area contributed by atoms with E-state index in [1.54, 1.807) is 18.3 Å². The fourth-order valence-corrected chi connectivity index (χ4v) is 4.24. The second-order valence-corrected chi connectivity index (χ2v) is 7.96. The van der Waals surface area contributed by atoms with E-state index in [1.807, 2.05) is 4.90 Å². The van der Waals surface area contributed by atoms with Crippen molar-refractivity contribution in [3.05, 3.63) is 23.5 Å². The van der Waals surface area contributed by atoms with Crippen molar-refractivity contribution in [3.63, 3.8) is 0 Å². The van der Waals surface area contributed by atoms with Crippen molar-refractivity contribution in [3.8, 4) is 0 Å². The predicted molar refractivity (Wildman–Crippen MR) is 95.5 cm³/mol. The highest BCUT2D eigenvalue weighted by atomic mass is 35.5. The van der Waals surface area contributed by atoms with E-state index in [9.17, 15) is 9.59 Å². The fourth-order valence-electron chi connectivity index (χ4n) is 4.13. The van der Waals surface area contributed by atoms with Crippen molar-refractivity contribution in [2.75, 3.05) is 25.0 Å². The monoisotopic (exact) mass is 362 g/mol. The molecule has 1 aromatic heterocycles. The number of rotatable bonds is 2. The van der Waals surface area contributed by atoms with E-state index in [-0.39, 0.29) is 11.4 Å². The molecule has 1 saturated carbocycles. The number of piperidine rings is 2. The van der Waals surface area contributed by atoms with Gasteiger partial charge in [0.05, 0.1) is 11.9 Å². The lowest BCUT2D eigenvalue weighted by molar-refractivity contribution is -0.139. The van der Waals surface area contributed by atoms with Gasteiger partial charge in [0.1, 0.15) is 5.15 Å². The van der Waals surface area contributed by atoms with E-state index < -0.39 is 0 Å². The molecule has 3 aliphatic rings. The Labute approximate surface area is 152 Å². The van der Waals surface area contributed by atoms with Crippen LogP contribution in [0.3, 0.4) is 0 Å². The van der Waals surface area contributed by atoms with Gasteiger partial charge in [-0.25, -0.2) is 9.78 Å². The molecular formula is C18H23ClN4O2. The first-order valence-electron chi connectivity index (χ1n) is 9.02. The highest BCUT2D eigenvalue weighted by molar-refractivity contribution is 6.29. The lowest BCUT2D eigenvalue weighted by Crippen LogP contribution is -2.56. The average Bonchev–Trinajstić information content (AvgIpc) is 3.44. The Morgan fingerprint density at radius 3 is 2.84 bits per heavy atom. The van der Waals surface area contributed by atoms with Crippen LogP contribution in [0.2, 0.25) is 5.15 Å². The molecule has 134 valence electrons. The van der Waals surface area contributed by atoms with Gasteiger partial charge in [-0.15, -0.1) is 0 Å². The van der Waals surface area contributed by atoms with E-state index in [4.69, 9.17) is 11.6 Å². The van der Waals surface area contributed by atoms with Gasteiger partial charge >= 0.3 is 6.03 Å². The van der Waals surface area contributed by atoms with Gasteiger partial charge in [0.25, 0.3) is 0 Å². The maximum atomic E-state index is 12.6. The summed E-state index contributed by atoms with van der Waals surface area (Å²) in [5.74, 6) is 0.293. The van der Waals surface area contributed by atoms with Crippen LogP contribution in [0.25, 0.3) is 0 Å². The number of nitrogens with zero attached hydrogens (tertiary/aromatic N) is 3. The van der Waals surface area contributed by atoms with Gasteiger partial charge in [0, 0.05) is 37.5 Å². The first-order chi connectivity index (χ1) is 12.0. The molecule has 0 aromatic carbocycles. The second kappa shape index (κ2) is 6.48. The molecule has 1 atom stereocenters. The smallest absolute Gasteiger partial charge is 0.321 e. The fraction of sp³-hybridized carbons (Fsp3) is 0.611. The Hall–Kier alpha value is -1.82. The zero-order chi connectivity index (χ0) is 17.4. The molecule has 3 heterocycles. The summed E-state index contributed by atoms with van der Waals surface area (Å²) in [4.78, 5) is 32.8. The van der Waals surface area contributed by atoms with Crippen molar-refractivity contribution < 1.29 is 9.59 Å². The molecule has 7 heteroatoms. The van der Waals surface area contributed by atoms with Gasteiger partial charge in [-0.2, -0.15) is 0 Å². The van der Waals surface area contributed by atoms with E-state index in [0.29, 0.717) is 29.2 Å². The lowest BCUT2D eigenvalue weighted by Gasteiger charge is -2.48. The molecule has 0 radical (unpaired) electrons. The van der Waals surface area contributed by atoms with Crippen LogP contribution in [0, 0.1) is 5.41 Å². The number of amides is 3. The van der Waals surface area contributed by atoms with E-state index in [0.717, 1.165) is 51.7 Å². The standard InChI is InChI=1S/C18H23ClN4O2/c19-15-5-2-13(10-20-15)21-17(25)22-9-1-7-18(11-22)8-6-16(24)23(12-18)14-3-4-14/h2,5,10,14H,1,3-4,6-9,11-12H2,(H,21,25)/t18-/m0/s1. The number of hydrogen-bond acceptors (Lipinski definition) is 3. The van der Waals surface area contributed by atoms with Crippen LogP contribution in [0.4, 0.5) is 10.5 Å². The highest BCUT2D eigenvalue weighted by Gasteiger charge is 2.46. The summed E-state index contributed by atoms with van der Waals surface area (Å²) in [6, 6.07) is 3.77. The van der Waals surface area contributed by atoms with Gasteiger partial charge in [0.2, 0.25) is 5.91 Å². The topological polar surface area (TPSA) is 65.5 Å². The molecule has 1 aliphatic carbocycles. The SMILES string of the molecule is O=C(Nc1ccc(Cl)nc1)N1CCC[C@]2(CCC(=O)N(C3CC3)C2)C1. The molecule has 2 saturated heterocycles. The second-order valence-electron chi connectivity index (χ2n) is 7.58. The average molecular weight is 363 g/mol. The summed E-state index contributed by atoms with van der Waals surface area (Å²) in [5.41, 5.74) is 0.706. The lowest BCUT2D eigenvalue weighted by atomic mass is 9.73. The Kier molecular flexibility index (Phi) is 4.31. The first kappa shape index (κ1) is 16.6. The largest absolute Gasteiger partial charge is 0.339 e. The third-order valence-corrected chi connectivity index (χ3v) is 5.83. The number of carbonyl (C=O) groups excluding carboxylic acids is 2. The predicted octanol–water partition coefficient (Wildman–Crippen LogP) is 3.13. The summed E-state index contributed by atoms with van der Waals surface area (Å²) in [6.45, 7) is 2.28. The summed E-state index contributed by atoms with van der Waals surface area (Å²) in [7, 11) is 0. The number of aromatic nitrogens is 1. The van der Waals surface area contributed by atoms with Crippen molar-refractivity contribution in [2.45, 2.75) is 44.6 Å². The molecule has 0 bridgehead atoms. The zero-order valence-electron chi connectivity index (χ0n) is 14.2. The Morgan fingerprint density at radius 1 is 1.28 bits per heavy atom. The van der Waals surface area contributed by atoms with Gasteiger partial charge < -0.3 is 15.1 Å². The third kappa shape index (κ3) is 3.59. The van der Waals surface area contributed by atoms with Crippen LogP contribution in [0.15, 0.2) is 18.3 Å². The van der Waals surface area contributed by atoms with Crippen LogP contribution >= 0.6 is 11.6 Å². The van der Waals surface area contributed by atoms with Gasteiger partial charge in [-0.3, -0.25) is 4.79 Å². The first-order valence-corrected chi connectivity index (χ1v) is 9.39. The van der Waals surface area contributed by atoms with Crippen LogP contribution in [-0.4, -0.2) is 52.4 Å². The number of halogens is 1. The van der Waals surface area contributed by atoms with Gasteiger partial charge in [-0.05, 0) is 44.2 Å². The maximum absolute atomic E-state index is 12.6. The van der Waals surface area contributed by atoms with Crippen LogP contribution in [0.1, 0.15) is 38.5 Å². The van der Waals surface area contributed by atoms with Crippen LogP contribution in [0.5, 0.6) is 0 Å². The number of hydrogen-bond donors (Lipinski definition) is 1. The molecule has 3 fully saturated rings. The molecule has 6 nitrogen and oxygen atoms in total. The minimum atomic E-state index is -0.0990. The molecule has 25 heavy (non-hydrogen) atoms. The number of pyridine rings is 1. The summed E-state index contributed by atoms with van der Waals surface area (Å²) < 4.78 is 0. The molecule has 2 aliphatic heterocycles. The minimum Gasteiger partial charge on any atom is -0.339 e. The number of anilines is 1. The van der Waals surface area contributed by atoms with Crippen molar-refractivity contribution in [1.29, 1.82) is 0 Å². The van der Waals surface area contributed by atoms with Crippen molar-refractivity contribution in [2.24, 2.45) is 5.41 Å². The maximum Gasteiger partial charge on any atom is 0.321 e.